The van der Waals surface area contributed by atoms with E-state index in [1.807, 2.05) is 29.2 Å². The van der Waals surface area contributed by atoms with Crippen molar-refractivity contribution in [2.45, 2.75) is 6.54 Å². The van der Waals surface area contributed by atoms with Gasteiger partial charge in [0.2, 0.25) is 0 Å². The molecule has 1 heterocycles. The van der Waals surface area contributed by atoms with E-state index in [0.29, 0.717) is 11.0 Å². The number of aromatic nitrogens is 2. The van der Waals surface area contributed by atoms with Crippen molar-refractivity contribution in [3.63, 3.8) is 0 Å². The first kappa shape index (κ1) is 14.7. The van der Waals surface area contributed by atoms with Crippen molar-refractivity contribution in [2.24, 2.45) is 0 Å². The molecule has 21 heavy (non-hydrogen) atoms. The third-order valence-electron chi connectivity index (χ3n) is 3.16. The maximum Gasteiger partial charge on any atom is 0.137 e. The molecule has 0 saturated heterocycles. The molecule has 0 atom stereocenters. The average molecular weight is 457 g/mol. The van der Waals surface area contributed by atoms with Crippen LogP contribution in [0, 0.1) is 9.39 Å². The fraction of sp³-hybridized carbons (Fsp3) is 0.0625. The standard InChI is InChI=1S/C16H11BrFIN2/c17-16-12(4-2-6-15(16)18)9-21-10-13(8-20-21)11-3-1-5-14(19)7-11/h1-8,10H,9H2. The molecular formula is C16H11BrFIN2. The Balaban J connectivity index is 1.87. The number of halogens is 3. The summed E-state index contributed by atoms with van der Waals surface area (Å²) < 4.78 is 17.0. The van der Waals surface area contributed by atoms with E-state index in [2.05, 4.69) is 61.8 Å². The molecule has 3 rings (SSSR count). The normalized spacial score (nSPS) is 10.8. The maximum absolute atomic E-state index is 13.5. The quantitative estimate of drug-likeness (QED) is 0.501. The van der Waals surface area contributed by atoms with Crippen LogP contribution in [-0.2, 0) is 6.54 Å². The van der Waals surface area contributed by atoms with Crippen LogP contribution in [-0.4, -0.2) is 9.78 Å². The minimum absolute atomic E-state index is 0.252. The lowest BCUT2D eigenvalue weighted by atomic mass is 10.1. The van der Waals surface area contributed by atoms with Crippen molar-refractivity contribution < 1.29 is 4.39 Å². The Labute approximate surface area is 144 Å². The molecule has 0 fully saturated rings. The lowest BCUT2D eigenvalue weighted by Crippen LogP contribution is -2.01. The molecule has 0 saturated carbocycles. The number of hydrogen-bond acceptors (Lipinski definition) is 1. The molecule has 2 nitrogen and oxygen atoms in total. The molecule has 0 amide bonds. The zero-order chi connectivity index (χ0) is 14.8. The van der Waals surface area contributed by atoms with Gasteiger partial charge in [0.25, 0.3) is 0 Å². The van der Waals surface area contributed by atoms with Gasteiger partial charge in [-0.2, -0.15) is 5.10 Å². The molecule has 0 aliphatic heterocycles. The SMILES string of the molecule is Fc1cccc(Cn2cc(-c3cccc(I)c3)cn2)c1Br. The van der Waals surface area contributed by atoms with Gasteiger partial charge in [-0.25, -0.2) is 4.39 Å². The van der Waals surface area contributed by atoms with Crippen LogP contribution in [0.15, 0.2) is 59.3 Å². The van der Waals surface area contributed by atoms with Gasteiger partial charge in [-0.05, 0) is 67.8 Å². The van der Waals surface area contributed by atoms with Crippen LogP contribution in [0.1, 0.15) is 5.56 Å². The molecule has 5 heteroatoms. The Hall–Kier alpha value is -1.21. The second-order valence-electron chi connectivity index (χ2n) is 4.65. The molecule has 0 spiro atoms. The van der Waals surface area contributed by atoms with Gasteiger partial charge in [0, 0.05) is 15.3 Å². The van der Waals surface area contributed by atoms with Crippen LogP contribution >= 0.6 is 38.5 Å². The average Bonchev–Trinajstić information content (AvgIpc) is 2.93. The van der Waals surface area contributed by atoms with Crippen molar-refractivity contribution in [1.29, 1.82) is 0 Å². The summed E-state index contributed by atoms with van der Waals surface area (Å²) in [6.45, 7) is 0.530. The topological polar surface area (TPSA) is 17.8 Å². The number of rotatable bonds is 3. The van der Waals surface area contributed by atoms with E-state index in [4.69, 9.17) is 0 Å². The second kappa shape index (κ2) is 6.27. The van der Waals surface area contributed by atoms with Crippen LogP contribution in [0.4, 0.5) is 4.39 Å². The van der Waals surface area contributed by atoms with Crippen molar-refractivity contribution in [3.8, 4) is 11.1 Å². The third kappa shape index (κ3) is 3.35. The smallest absolute Gasteiger partial charge is 0.137 e. The zero-order valence-corrected chi connectivity index (χ0v) is 14.7. The van der Waals surface area contributed by atoms with E-state index in [1.165, 1.54) is 9.64 Å². The molecular weight excluding hydrogens is 446 g/mol. The van der Waals surface area contributed by atoms with Crippen molar-refractivity contribution in [3.05, 3.63) is 74.3 Å². The molecule has 0 N–H and O–H groups in total. The third-order valence-corrected chi connectivity index (χ3v) is 4.71. The van der Waals surface area contributed by atoms with Gasteiger partial charge >= 0.3 is 0 Å². The molecule has 0 aliphatic carbocycles. The summed E-state index contributed by atoms with van der Waals surface area (Å²) in [4.78, 5) is 0. The second-order valence-corrected chi connectivity index (χ2v) is 6.69. The highest BCUT2D eigenvalue weighted by molar-refractivity contribution is 14.1. The maximum atomic E-state index is 13.5. The van der Waals surface area contributed by atoms with Crippen LogP contribution in [0.3, 0.4) is 0 Å². The summed E-state index contributed by atoms with van der Waals surface area (Å²) in [6.07, 6.45) is 3.81. The Kier molecular flexibility index (Phi) is 4.40. The number of hydrogen-bond donors (Lipinski definition) is 0. The van der Waals surface area contributed by atoms with Crippen molar-refractivity contribution >= 4 is 38.5 Å². The monoisotopic (exact) mass is 456 g/mol. The number of benzene rings is 2. The summed E-state index contributed by atoms with van der Waals surface area (Å²) in [5.41, 5.74) is 3.06. The Morgan fingerprint density at radius 2 is 1.95 bits per heavy atom. The summed E-state index contributed by atoms with van der Waals surface area (Å²) >= 11 is 5.57. The van der Waals surface area contributed by atoms with Gasteiger partial charge in [-0.15, -0.1) is 0 Å². The fourth-order valence-corrected chi connectivity index (χ4v) is 3.05. The van der Waals surface area contributed by atoms with Gasteiger partial charge < -0.3 is 0 Å². The van der Waals surface area contributed by atoms with Crippen LogP contribution < -0.4 is 0 Å². The summed E-state index contributed by atoms with van der Waals surface area (Å²) in [5, 5.41) is 4.36. The molecule has 2 aromatic carbocycles. The van der Waals surface area contributed by atoms with Crippen molar-refractivity contribution in [1.82, 2.24) is 9.78 Å². The fourth-order valence-electron chi connectivity index (χ4n) is 2.11. The van der Waals surface area contributed by atoms with Gasteiger partial charge in [0.1, 0.15) is 5.82 Å². The summed E-state index contributed by atoms with van der Waals surface area (Å²) in [6, 6.07) is 13.3. The van der Waals surface area contributed by atoms with Crippen LogP contribution in [0.5, 0.6) is 0 Å². The number of nitrogens with zero attached hydrogens (tertiary/aromatic N) is 2. The molecule has 0 aliphatic rings. The molecule has 3 aromatic rings. The minimum Gasteiger partial charge on any atom is -0.268 e. The zero-order valence-electron chi connectivity index (χ0n) is 10.9. The van der Waals surface area contributed by atoms with E-state index in [0.717, 1.165) is 16.7 Å². The minimum atomic E-state index is -0.252. The predicted molar refractivity (Wildman–Crippen MR) is 93.6 cm³/mol. The molecule has 0 unspecified atom stereocenters. The molecule has 1 aromatic heterocycles. The van der Waals surface area contributed by atoms with Gasteiger partial charge in [-0.1, -0.05) is 24.3 Å². The van der Waals surface area contributed by atoms with E-state index in [1.54, 1.807) is 6.07 Å². The Morgan fingerprint density at radius 1 is 1.14 bits per heavy atom. The summed E-state index contributed by atoms with van der Waals surface area (Å²) in [5.74, 6) is -0.252. The molecule has 106 valence electrons. The van der Waals surface area contributed by atoms with E-state index in [9.17, 15) is 4.39 Å². The first-order valence-electron chi connectivity index (χ1n) is 6.35. The van der Waals surface area contributed by atoms with Gasteiger partial charge in [-0.3, -0.25) is 4.68 Å². The molecule has 0 bridgehead atoms. The molecule has 0 radical (unpaired) electrons. The highest BCUT2D eigenvalue weighted by atomic mass is 127. The Bertz CT molecular complexity index is 785. The highest BCUT2D eigenvalue weighted by Crippen LogP contribution is 2.23. The van der Waals surface area contributed by atoms with E-state index < -0.39 is 0 Å². The highest BCUT2D eigenvalue weighted by Gasteiger charge is 2.07. The van der Waals surface area contributed by atoms with Gasteiger partial charge in [0.05, 0.1) is 17.2 Å². The first-order valence-corrected chi connectivity index (χ1v) is 8.22. The first-order chi connectivity index (χ1) is 10.1. The van der Waals surface area contributed by atoms with E-state index in [-0.39, 0.29) is 5.82 Å². The van der Waals surface area contributed by atoms with Crippen LogP contribution in [0.25, 0.3) is 11.1 Å². The lowest BCUT2D eigenvalue weighted by Gasteiger charge is -2.05. The Morgan fingerprint density at radius 3 is 2.76 bits per heavy atom. The van der Waals surface area contributed by atoms with E-state index >= 15 is 0 Å². The predicted octanol–water partition coefficient (Wildman–Crippen LogP) is 5.10. The largest absolute Gasteiger partial charge is 0.268 e. The van der Waals surface area contributed by atoms with Gasteiger partial charge in [0.15, 0.2) is 0 Å². The lowest BCUT2D eigenvalue weighted by molar-refractivity contribution is 0.611. The van der Waals surface area contributed by atoms with Crippen LogP contribution in [0.2, 0.25) is 0 Å². The summed E-state index contributed by atoms with van der Waals surface area (Å²) in [7, 11) is 0. The van der Waals surface area contributed by atoms with Crippen molar-refractivity contribution in [2.75, 3.05) is 0 Å².